The van der Waals surface area contributed by atoms with E-state index in [0.717, 1.165) is 5.56 Å². The summed E-state index contributed by atoms with van der Waals surface area (Å²) in [5.41, 5.74) is 1.01. The van der Waals surface area contributed by atoms with Crippen molar-refractivity contribution in [2.45, 2.75) is 5.38 Å². The molecule has 17 heavy (non-hydrogen) atoms. The second-order valence-corrected chi connectivity index (χ2v) is 4.52. The van der Waals surface area contributed by atoms with E-state index >= 15 is 0 Å². The molecule has 0 aliphatic rings. The minimum atomic E-state index is -0.227. The van der Waals surface area contributed by atoms with Crippen molar-refractivity contribution in [2.24, 2.45) is 0 Å². The molecule has 1 unspecified atom stereocenters. The molecule has 0 aliphatic heterocycles. The van der Waals surface area contributed by atoms with Gasteiger partial charge in [0, 0.05) is 5.38 Å². The van der Waals surface area contributed by atoms with Crippen LogP contribution in [0.5, 0.6) is 0 Å². The molecule has 0 spiro atoms. The molecule has 0 radical (unpaired) electrons. The van der Waals surface area contributed by atoms with E-state index in [4.69, 9.17) is 34.8 Å². The largest absolute Gasteiger partial charge is 2.00 e. The van der Waals surface area contributed by atoms with Gasteiger partial charge in [-0.1, -0.05) is 23.2 Å². The first kappa shape index (κ1) is 16.8. The second kappa shape index (κ2) is 9.82. The van der Waals surface area contributed by atoms with Gasteiger partial charge >= 0.3 is 17.1 Å². The van der Waals surface area contributed by atoms with Crippen LogP contribution in [0.4, 0.5) is 0 Å². The predicted molar refractivity (Wildman–Crippen MR) is 72.5 cm³/mol. The van der Waals surface area contributed by atoms with Crippen LogP contribution in [0.2, 0.25) is 0 Å². The van der Waals surface area contributed by atoms with Crippen LogP contribution in [-0.2, 0) is 17.1 Å². The maximum Gasteiger partial charge on any atom is 2.00 e. The molecule has 2 rings (SSSR count). The Morgan fingerprint density at radius 3 is 1.94 bits per heavy atom. The molecular weight excluding hydrogens is 318 g/mol. The van der Waals surface area contributed by atoms with Gasteiger partial charge in [0.25, 0.3) is 0 Å². The van der Waals surface area contributed by atoms with Gasteiger partial charge in [-0.3, -0.25) is 0 Å². The number of allylic oxidation sites excluding steroid dienone is 1. The van der Waals surface area contributed by atoms with Gasteiger partial charge in [-0.15, -0.1) is 17.2 Å². The molecule has 2 aromatic rings. The fourth-order valence-electron chi connectivity index (χ4n) is 1.10. The topological polar surface area (TPSA) is 0 Å². The van der Waals surface area contributed by atoms with Crippen LogP contribution in [0, 0.1) is 0 Å². The molecule has 0 saturated heterocycles. The van der Waals surface area contributed by atoms with Crippen molar-refractivity contribution in [1.82, 2.24) is 0 Å². The number of hydrogen-bond acceptors (Lipinski definition) is 0. The summed E-state index contributed by atoms with van der Waals surface area (Å²) in [5, 5.41) is -0.227. The summed E-state index contributed by atoms with van der Waals surface area (Å²) in [7, 11) is 0. The molecule has 0 fully saturated rings. The molecule has 0 bridgehead atoms. The SMILES string of the molecule is ClC(Cl)=CC(Cl)[c-]1cccc1.[Fe+2].c1cc[cH-]c1. The van der Waals surface area contributed by atoms with Gasteiger partial charge in [-0.05, 0) is 6.08 Å². The first-order chi connectivity index (χ1) is 7.70. The maximum atomic E-state index is 5.90. The van der Waals surface area contributed by atoms with Crippen molar-refractivity contribution in [1.29, 1.82) is 0 Å². The monoisotopic (exact) mass is 328 g/mol. The van der Waals surface area contributed by atoms with Crippen molar-refractivity contribution < 1.29 is 17.1 Å². The van der Waals surface area contributed by atoms with Crippen LogP contribution in [0.3, 0.4) is 0 Å². The molecule has 1 atom stereocenters. The molecule has 0 aromatic heterocycles. The van der Waals surface area contributed by atoms with Crippen molar-refractivity contribution in [3.8, 4) is 0 Å². The van der Waals surface area contributed by atoms with Gasteiger partial charge in [-0.2, -0.15) is 30.3 Å². The first-order valence-electron chi connectivity index (χ1n) is 4.75. The van der Waals surface area contributed by atoms with E-state index in [9.17, 15) is 0 Å². The minimum Gasteiger partial charge on any atom is -0.214 e. The van der Waals surface area contributed by atoms with Crippen molar-refractivity contribution >= 4 is 34.8 Å². The van der Waals surface area contributed by atoms with Crippen LogP contribution >= 0.6 is 34.8 Å². The Balaban J connectivity index is 0.000000360. The predicted octanol–water partition coefficient (Wildman–Crippen LogP) is 5.41. The van der Waals surface area contributed by atoms with Crippen LogP contribution in [0.25, 0.3) is 0 Å². The van der Waals surface area contributed by atoms with Crippen LogP contribution in [0.15, 0.2) is 65.2 Å². The van der Waals surface area contributed by atoms with Gasteiger partial charge in [0.1, 0.15) is 4.49 Å². The van der Waals surface area contributed by atoms with E-state index in [0.29, 0.717) is 0 Å². The molecular formula is C13H11Cl3Fe. The molecule has 92 valence electrons. The van der Waals surface area contributed by atoms with E-state index in [1.165, 1.54) is 0 Å². The zero-order chi connectivity index (χ0) is 11.8. The van der Waals surface area contributed by atoms with E-state index in [-0.39, 0.29) is 26.9 Å². The molecule has 2 aromatic carbocycles. The van der Waals surface area contributed by atoms with Crippen LogP contribution in [-0.4, -0.2) is 0 Å². The summed E-state index contributed by atoms with van der Waals surface area (Å²) in [5.74, 6) is 0. The summed E-state index contributed by atoms with van der Waals surface area (Å²) < 4.78 is 0.200. The van der Waals surface area contributed by atoms with E-state index in [2.05, 4.69) is 0 Å². The molecule has 4 heteroatoms. The quantitative estimate of drug-likeness (QED) is 0.393. The van der Waals surface area contributed by atoms with Crippen molar-refractivity contribution in [3.63, 3.8) is 0 Å². The summed E-state index contributed by atoms with van der Waals surface area (Å²) in [6.07, 6.45) is 1.58. The number of rotatable bonds is 2. The third-order valence-electron chi connectivity index (χ3n) is 1.83. The zero-order valence-corrected chi connectivity index (χ0v) is 12.2. The van der Waals surface area contributed by atoms with Crippen LogP contribution < -0.4 is 0 Å². The van der Waals surface area contributed by atoms with Gasteiger partial charge in [0.15, 0.2) is 0 Å². The summed E-state index contributed by atoms with van der Waals surface area (Å²) in [6, 6.07) is 17.7. The Morgan fingerprint density at radius 2 is 1.59 bits per heavy atom. The molecule has 0 aliphatic carbocycles. The van der Waals surface area contributed by atoms with Crippen molar-refractivity contribution in [3.05, 3.63) is 70.7 Å². The van der Waals surface area contributed by atoms with Gasteiger partial charge in [0.2, 0.25) is 0 Å². The Morgan fingerprint density at radius 1 is 1.06 bits per heavy atom. The third kappa shape index (κ3) is 7.70. The maximum absolute atomic E-state index is 5.90. The van der Waals surface area contributed by atoms with Crippen molar-refractivity contribution in [2.75, 3.05) is 0 Å². The summed E-state index contributed by atoms with van der Waals surface area (Å²) in [4.78, 5) is 0. The second-order valence-electron chi connectivity index (χ2n) is 3.04. The number of hydrogen-bond donors (Lipinski definition) is 0. The van der Waals surface area contributed by atoms with Crippen LogP contribution in [0.1, 0.15) is 10.9 Å². The van der Waals surface area contributed by atoms with E-state index < -0.39 is 0 Å². The van der Waals surface area contributed by atoms with Gasteiger partial charge in [0.05, 0.1) is 0 Å². The molecule has 0 nitrogen and oxygen atoms in total. The third-order valence-corrected chi connectivity index (χ3v) is 2.46. The van der Waals surface area contributed by atoms with E-state index in [1.54, 1.807) is 6.08 Å². The number of halogens is 3. The average Bonchev–Trinajstić information content (AvgIpc) is 2.94. The fourth-order valence-corrected chi connectivity index (χ4v) is 1.75. The smallest absolute Gasteiger partial charge is 0.214 e. The standard InChI is InChI=1S/C8H6Cl3.C5H5.Fe/c9-7(5-8(10)11)6-3-1-2-4-6;1-2-4-5-3-1;/h1-5,7H;1-5H;/q2*-1;+2. The molecule has 0 saturated carbocycles. The normalized spacial score (nSPS) is 10.5. The Labute approximate surface area is 127 Å². The first-order valence-corrected chi connectivity index (χ1v) is 5.94. The number of alkyl halides is 1. The van der Waals surface area contributed by atoms with E-state index in [1.807, 2.05) is 54.6 Å². The van der Waals surface area contributed by atoms with Gasteiger partial charge in [-0.25, -0.2) is 24.3 Å². The minimum absolute atomic E-state index is 0. The zero-order valence-electron chi connectivity index (χ0n) is 8.84. The average molecular weight is 329 g/mol. The fraction of sp³-hybridized carbons (Fsp3) is 0.0769. The van der Waals surface area contributed by atoms with Gasteiger partial charge < -0.3 is 0 Å². The summed E-state index contributed by atoms with van der Waals surface area (Å²) >= 11 is 16.8. The molecule has 0 N–H and O–H groups in total. The summed E-state index contributed by atoms with van der Waals surface area (Å²) in [6.45, 7) is 0. The Hall–Kier alpha value is -0.171. The molecule has 0 heterocycles. The molecule has 0 amide bonds. The Bertz CT molecular complexity index is 369. The Kier molecular flexibility index (Phi) is 9.72.